The van der Waals surface area contributed by atoms with Gasteiger partial charge in [-0.3, -0.25) is 19.2 Å². The molecule has 0 aromatic heterocycles. The molecule has 0 aliphatic heterocycles. The van der Waals surface area contributed by atoms with Crippen LogP contribution < -0.4 is 4.74 Å². The first-order valence-electron chi connectivity index (χ1n) is 17.3. The standard InChI is InChI=1S/C12H9F3O3.C10H9BrO.C10H9ClO.C10H9IO/c1-6-5-7-3-2-4-8(9(7)10(6)16)18-11(17)12(13,14)15;3*1-6-5-7-3-2-4-8(11)9(7)10(6)12/h2-4,6H,5H2,1H3;3*2-4,6H,5H2,1H3. The zero-order valence-corrected chi connectivity index (χ0v) is 34.3. The van der Waals surface area contributed by atoms with Gasteiger partial charge in [-0.25, -0.2) is 4.79 Å². The van der Waals surface area contributed by atoms with E-state index in [1.54, 1.807) is 19.1 Å². The Balaban J connectivity index is 0.000000141. The second-order valence-electron chi connectivity index (χ2n) is 13.9. The van der Waals surface area contributed by atoms with E-state index in [-0.39, 0.29) is 52.3 Å². The molecule has 0 bridgehead atoms. The fourth-order valence-electron chi connectivity index (χ4n) is 6.99. The lowest BCUT2D eigenvalue weighted by Crippen LogP contribution is -2.28. The number of hydrogen-bond donors (Lipinski definition) is 0. The van der Waals surface area contributed by atoms with Gasteiger partial charge >= 0.3 is 12.1 Å². The van der Waals surface area contributed by atoms with Crippen LogP contribution in [0.25, 0.3) is 0 Å². The number of Topliss-reactive ketones (excluding diaryl/α,β-unsaturated/α-hetero) is 4. The topological polar surface area (TPSA) is 94.6 Å². The molecule has 0 amide bonds. The van der Waals surface area contributed by atoms with E-state index in [1.807, 2.05) is 63.2 Å². The molecule has 0 heterocycles. The highest BCUT2D eigenvalue weighted by atomic mass is 127. The van der Waals surface area contributed by atoms with Crippen molar-refractivity contribution in [3.05, 3.63) is 130 Å². The maximum Gasteiger partial charge on any atom is 0.491 e. The predicted molar refractivity (Wildman–Crippen MR) is 212 cm³/mol. The van der Waals surface area contributed by atoms with Crippen LogP contribution in [0.1, 0.15) is 91.4 Å². The van der Waals surface area contributed by atoms with Crippen LogP contribution in [0.5, 0.6) is 5.75 Å². The third-order valence-electron chi connectivity index (χ3n) is 9.73. The molecule has 4 unspecified atom stereocenters. The van der Waals surface area contributed by atoms with Gasteiger partial charge in [0, 0.05) is 48.4 Å². The molecule has 4 atom stereocenters. The van der Waals surface area contributed by atoms with Gasteiger partial charge in [0.15, 0.2) is 23.1 Å². The van der Waals surface area contributed by atoms with Crippen molar-refractivity contribution in [3.63, 3.8) is 0 Å². The maximum atomic E-state index is 12.1. The van der Waals surface area contributed by atoms with Gasteiger partial charge in [-0.05, 0) is 94.8 Å². The summed E-state index contributed by atoms with van der Waals surface area (Å²) in [6.07, 6.45) is -1.96. The predicted octanol–water partition coefficient (Wildman–Crippen LogP) is 10.7. The molecular weight excluding hydrogens is 900 g/mol. The van der Waals surface area contributed by atoms with Crippen LogP contribution in [0.4, 0.5) is 13.2 Å². The number of halogens is 6. The van der Waals surface area contributed by atoms with Gasteiger partial charge in [0.1, 0.15) is 5.75 Å². The summed E-state index contributed by atoms with van der Waals surface area (Å²) >= 11 is 11.5. The Bertz CT molecular complexity index is 2000. The van der Waals surface area contributed by atoms with Crippen molar-refractivity contribution in [1.82, 2.24) is 0 Å². The van der Waals surface area contributed by atoms with Crippen LogP contribution in [0, 0.1) is 27.2 Å². The summed E-state index contributed by atoms with van der Waals surface area (Å²) in [6, 6.07) is 21.9. The van der Waals surface area contributed by atoms with E-state index >= 15 is 0 Å². The molecule has 4 aliphatic rings. The molecule has 282 valence electrons. The lowest BCUT2D eigenvalue weighted by Gasteiger charge is -2.09. The first-order valence-corrected chi connectivity index (χ1v) is 19.5. The Labute approximate surface area is 338 Å². The van der Waals surface area contributed by atoms with E-state index in [9.17, 15) is 37.1 Å². The van der Waals surface area contributed by atoms with Crippen molar-refractivity contribution >= 4 is 79.2 Å². The van der Waals surface area contributed by atoms with Crippen molar-refractivity contribution in [3.8, 4) is 5.75 Å². The molecule has 0 fully saturated rings. The van der Waals surface area contributed by atoms with Crippen LogP contribution in [-0.4, -0.2) is 35.3 Å². The number of hydrogen-bond acceptors (Lipinski definition) is 6. The van der Waals surface area contributed by atoms with Crippen molar-refractivity contribution in [2.45, 2.75) is 59.6 Å². The van der Waals surface area contributed by atoms with Crippen LogP contribution >= 0.6 is 50.1 Å². The maximum absolute atomic E-state index is 12.1. The fourth-order valence-corrected chi connectivity index (χ4v) is 8.70. The lowest BCUT2D eigenvalue weighted by atomic mass is 10.1. The number of esters is 1. The summed E-state index contributed by atoms with van der Waals surface area (Å²) in [5.41, 5.74) is 6.80. The molecule has 4 aromatic rings. The lowest BCUT2D eigenvalue weighted by molar-refractivity contribution is -0.189. The highest BCUT2D eigenvalue weighted by Gasteiger charge is 2.42. The third kappa shape index (κ3) is 8.89. The van der Waals surface area contributed by atoms with E-state index in [4.69, 9.17) is 11.6 Å². The molecule has 12 heteroatoms. The average molecular weight is 936 g/mol. The van der Waals surface area contributed by atoms with E-state index in [0.717, 1.165) is 49.6 Å². The second kappa shape index (κ2) is 17.0. The second-order valence-corrected chi connectivity index (χ2v) is 16.3. The molecule has 8 rings (SSSR count). The van der Waals surface area contributed by atoms with Gasteiger partial charge in [0.2, 0.25) is 0 Å². The summed E-state index contributed by atoms with van der Waals surface area (Å²) in [7, 11) is 0. The number of ether oxygens (including phenoxy) is 1. The SMILES string of the molecule is CC1Cc2cccc(Br)c2C1=O.CC1Cc2cccc(Cl)c2C1=O.CC1Cc2cccc(I)c2C1=O.CC1Cc2cccc(OC(=O)C(F)(F)F)c2C1=O. The summed E-state index contributed by atoms with van der Waals surface area (Å²) in [4.78, 5) is 57.3. The number of carbonyl (C=O) groups excluding carboxylic acids is 5. The van der Waals surface area contributed by atoms with E-state index < -0.39 is 12.1 Å². The first kappa shape index (κ1) is 41.5. The summed E-state index contributed by atoms with van der Waals surface area (Å²) in [5.74, 6) is -1.98. The van der Waals surface area contributed by atoms with Gasteiger partial charge in [0.05, 0.1) is 10.6 Å². The first-order chi connectivity index (χ1) is 25.4. The highest BCUT2D eigenvalue weighted by Crippen LogP contribution is 2.36. The summed E-state index contributed by atoms with van der Waals surface area (Å²) < 4.78 is 42.6. The Kier molecular flexibility index (Phi) is 13.1. The van der Waals surface area contributed by atoms with E-state index in [0.29, 0.717) is 22.8 Å². The Hall–Kier alpha value is -3.68. The normalized spacial score (nSPS) is 20.3. The average Bonchev–Trinajstić information content (AvgIpc) is 3.78. The van der Waals surface area contributed by atoms with Gasteiger partial charge in [0.25, 0.3) is 0 Å². The molecule has 0 saturated carbocycles. The number of carbonyl (C=O) groups is 5. The Morgan fingerprint density at radius 3 is 1.50 bits per heavy atom. The molecule has 0 N–H and O–H groups in total. The molecule has 4 aliphatic carbocycles. The molecular formula is C42H36BrClF3IO6. The zero-order chi connectivity index (χ0) is 39.6. The van der Waals surface area contributed by atoms with Crippen molar-refractivity contribution in [2.24, 2.45) is 23.7 Å². The van der Waals surface area contributed by atoms with Gasteiger partial charge in [-0.15, -0.1) is 0 Å². The quantitative estimate of drug-likeness (QED) is 0.107. The van der Waals surface area contributed by atoms with Gasteiger partial charge < -0.3 is 4.74 Å². The fraction of sp³-hybridized carbons (Fsp3) is 0.310. The van der Waals surface area contributed by atoms with Gasteiger partial charge in [-0.1, -0.05) is 104 Å². The molecule has 4 aromatic carbocycles. The monoisotopic (exact) mass is 934 g/mol. The smallest absolute Gasteiger partial charge is 0.419 e. The minimum absolute atomic E-state index is 0.0857. The highest BCUT2D eigenvalue weighted by molar-refractivity contribution is 14.1. The zero-order valence-electron chi connectivity index (χ0n) is 29.8. The van der Waals surface area contributed by atoms with Crippen LogP contribution in [0.3, 0.4) is 0 Å². The molecule has 0 saturated heterocycles. The van der Waals surface area contributed by atoms with Crippen LogP contribution in [0.2, 0.25) is 5.02 Å². The summed E-state index contributed by atoms with van der Waals surface area (Å²) in [6.45, 7) is 7.60. The Morgan fingerprint density at radius 2 is 1.02 bits per heavy atom. The molecule has 6 nitrogen and oxygen atoms in total. The summed E-state index contributed by atoms with van der Waals surface area (Å²) in [5, 5.41) is 0.599. The minimum Gasteiger partial charge on any atom is -0.419 e. The molecule has 0 spiro atoms. The number of benzene rings is 4. The number of alkyl halides is 3. The molecule has 0 radical (unpaired) electrons. The van der Waals surface area contributed by atoms with Crippen LogP contribution in [0.15, 0.2) is 77.3 Å². The molecule has 54 heavy (non-hydrogen) atoms. The largest absolute Gasteiger partial charge is 0.491 e. The van der Waals surface area contributed by atoms with Crippen molar-refractivity contribution in [1.29, 1.82) is 0 Å². The van der Waals surface area contributed by atoms with E-state index in [1.165, 1.54) is 23.3 Å². The minimum atomic E-state index is -5.07. The number of ketones is 4. The Morgan fingerprint density at radius 1 is 0.630 bits per heavy atom. The van der Waals surface area contributed by atoms with Gasteiger partial charge in [-0.2, -0.15) is 13.2 Å². The van der Waals surface area contributed by atoms with Crippen molar-refractivity contribution in [2.75, 3.05) is 0 Å². The van der Waals surface area contributed by atoms with E-state index in [2.05, 4.69) is 49.3 Å². The third-order valence-corrected chi connectivity index (χ3v) is 11.6. The van der Waals surface area contributed by atoms with Crippen molar-refractivity contribution < 1.29 is 41.9 Å². The number of rotatable bonds is 1. The van der Waals surface area contributed by atoms with Crippen LogP contribution in [-0.2, 0) is 30.5 Å². The number of fused-ring (bicyclic) bond motifs is 4.